The summed E-state index contributed by atoms with van der Waals surface area (Å²) in [7, 11) is 4.13. The van der Waals surface area contributed by atoms with Crippen molar-refractivity contribution in [3.05, 3.63) is 24.3 Å². The maximum atomic E-state index is 13.3. The summed E-state index contributed by atoms with van der Waals surface area (Å²) in [4.78, 5) is 58.7. The van der Waals surface area contributed by atoms with Crippen LogP contribution in [0.2, 0.25) is 0 Å². The molecule has 8 atom stereocenters. The van der Waals surface area contributed by atoms with E-state index in [2.05, 4.69) is 48.1 Å². The molecule has 336 valence electrons. The predicted molar refractivity (Wildman–Crippen MR) is 236 cm³/mol. The molecule has 4 bridgehead atoms. The lowest BCUT2D eigenvalue weighted by molar-refractivity contribution is -0.156. The van der Waals surface area contributed by atoms with Crippen molar-refractivity contribution in [2.45, 2.75) is 134 Å². The molecule has 11 nitrogen and oxygen atoms in total. The maximum Gasteiger partial charge on any atom is 0.312 e. The van der Waals surface area contributed by atoms with Crippen LogP contribution >= 0.6 is 34.8 Å². The van der Waals surface area contributed by atoms with Crippen LogP contribution in [0.15, 0.2) is 24.3 Å². The third-order valence-electron chi connectivity index (χ3n) is 12.9. The van der Waals surface area contributed by atoms with Gasteiger partial charge in [-0.15, -0.1) is 23.2 Å². The molecule has 0 aromatic rings. The molecular formula is C45H73Cl3N4O7. The van der Waals surface area contributed by atoms with Gasteiger partial charge in [-0.3, -0.25) is 19.2 Å². The summed E-state index contributed by atoms with van der Waals surface area (Å²) in [5.41, 5.74) is 0. The van der Waals surface area contributed by atoms with E-state index in [0.717, 1.165) is 97.3 Å². The van der Waals surface area contributed by atoms with Gasteiger partial charge in [-0.1, -0.05) is 69.8 Å². The number of piperazine rings is 2. The second-order valence-electron chi connectivity index (χ2n) is 17.1. The van der Waals surface area contributed by atoms with Crippen LogP contribution in [0.5, 0.6) is 0 Å². The van der Waals surface area contributed by atoms with Gasteiger partial charge >= 0.3 is 5.97 Å². The van der Waals surface area contributed by atoms with Gasteiger partial charge in [-0.2, -0.15) is 0 Å². The number of carbonyl (C=O) groups is 4. The highest BCUT2D eigenvalue weighted by Gasteiger charge is 2.57. The summed E-state index contributed by atoms with van der Waals surface area (Å²) >= 11 is 15.2. The molecule has 0 N–H and O–H groups in total. The van der Waals surface area contributed by atoms with Gasteiger partial charge < -0.3 is 33.8 Å². The Morgan fingerprint density at radius 3 is 1.46 bits per heavy atom. The zero-order valence-electron chi connectivity index (χ0n) is 36.1. The molecule has 6 rings (SSSR count). The fourth-order valence-corrected chi connectivity index (χ4v) is 9.68. The third-order valence-corrected chi connectivity index (χ3v) is 13.1. The molecule has 59 heavy (non-hydrogen) atoms. The van der Waals surface area contributed by atoms with E-state index < -0.39 is 17.1 Å². The van der Waals surface area contributed by atoms with E-state index in [1.54, 1.807) is 0 Å². The van der Waals surface area contributed by atoms with E-state index in [-0.39, 0.29) is 59.4 Å². The SMILES string of the molecule is CCCCC/C=C/C/C=C/CCCCCCCCOC(=O)C1C2CCC(O2)C1C(=O)N1CCN(C)CC1.CN1CCN(C(=O)C2C3CCC(O3)C2C(=O)Cl)CC1.ClCCl. The standard InChI is InChI=1S/C31H52N2O4.C13H19ClN2O3.CH2Cl2/c1-3-4-5-6-7-8-9-10-11-12-13-14-15-16-17-18-25-36-31(35)29-27-20-19-26(37-27)28(29)30(34)33-23-21-32(2)22-24-33;1-15-4-6-16(7-5-15)13(18)11-9-3-2-8(19-9)10(11)12(14)17;2-1-3/h7-8,10-11,26-29H,3-6,9,12-25H2,1-2H3;8-11H,2-7H2,1H3;1H2/b8-7+,11-10+;;. The van der Waals surface area contributed by atoms with Crippen molar-refractivity contribution in [2.75, 3.05) is 78.4 Å². The Kier molecular flexibility index (Phi) is 23.1. The minimum Gasteiger partial charge on any atom is -0.465 e. The Morgan fingerprint density at radius 2 is 0.983 bits per heavy atom. The first-order valence-electron chi connectivity index (χ1n) is 22.6. The number of hydrogen-bond acceptors (Lipinski definition) is 9. The van der Waals surface area contributed by atoms with Crippen molar-refractivity contribution in [3.63, 3.8) is 0 Å². The summed E-state index contributed by atoms with van der Waals surface area (Å²) in [6, 6.07) is 0. The van der Waals surface area contributed by atoms with Crippen LogP contribution in [0.1, 0.15) is 110 Å². The molecule has 6 aliphatic rings. The third kappa shape index (κ3) is 15.5. The Morgan fingerprint density at radius 1 is 0.576 bits per heavy atom. The number of carbonyl (C=O) groups excluding carboxylic acids is 4. The van der Waals surface area contributed by atoms with Crippen LogP contribution in [-0.2, 0) is 33.4 Å². The van der Waals surface area contributed by atoms with E-state index in [1.807, 2.05) is 16.8 Å². The van der Waals surface area contributed by atoms with E-state index in [4.69, 9.17) is 49.0 Å². The summed E-state index contributed by atoms with van der Waals surface area (Å²) in [5, 5.41) is -0.223. The molecule has 8 unspecified atom stereocenters. The number of hydrogen-bond donors (Lipinski definition) is 0. The van der Waals surface area contributed by atoms with Crippen LogP contribution in [0.3, 0.4) is 0 Å². The molecule has 6 heterocycles. The number of fused-ring (bicyclic) bond motifs is 4. The average molecular weight is 888 g/mol. The molecule has 6 aliphatic heterocycles. The number of rotatable bonds is 19. The van der Waals surface area contributed by atoms with Gasteiger partial charge in [0.1, 0.15) is 0 Å². The van der Waals surface area contributed by atoms with Crippen LogP contribution in [0, 0.1) is 23.7 Å². The van der Waals surface area contributed by atoms with Gasteiger partial charge in [0.05, 0.1) is 60.0 Å². The van der Waals surface area contributed by atoms with Crippen molar-refractivity contribution in [2.24, 2.45) is 23.7 Å². The normalized spacial score (nSPS) is 29.1. The second kappa shape index (κ2) is 27.4. The van der Waals surface area contributed by atoms with Crippen LogP contribution in [0.4, 0.5) is 0 Å². The first-order chi connectivity index (χ1) is 28.6. The minimum absolute atomic E-state index is 0.0549. The lowest BCUT2D eigenvalue weighted by Crippen LogP contribution is -2.52. The van der Waals surface area contributed by atoms with Gasteiger partial charge in [0, 0.05) is 52.4 Å². The molecular weight excluding hydrogens is 815 g/mol. The molecule has 6 fully saturated rings. The number of nitrogens with zero attached hydrogens (tertiary/aromatic N) is 4. The Labute approximate surface area is 369 Å². The zero-order chi connectivity index (χ0) is 42.6. The van der Waals surface area contributed by atoms with Crippen molar-refractivity contribution < 1.29 is 33.4 Å². The van der Waals surface area contributed by atoms with Crippen molar-refractivity contribution >= 4 is 57.8 Å². The fraction of sp³-hybridized carbons (Fsp3) is 0.822. The lowest BCUT2D eigenvalue weighted by Gasteiger charge is -2.36. The number of unbranched alkanes of at least 4 members (excludes halogenated alkanes) is 9. The van der Waals surface area contributed by atoms with Crippen LogP contribution in [0.25, 0.3) is 0 Å². The van der Waals surface area contributed by atoms with E-state index in [9.17, 15) is 19.2 Å². The van der Waals surface area contributed by atoms with E-state index in [0.29, 0.717) is 6.61 Å². The first kappa shape index (κ1) is 49.9. The Hall–Kier alpha value is -1.73. The average Bonchev–Trinajstić information content (AvgIpc) is 4.05. The van der Waals surface area contributed by atoms with Crippen LogP contribution in [-0.4, -0.2) is 145 Å². The summed E-state index contributed by atoms with van der Waals surface area (Å²) < 4.78 is 17.4. The van der Waals surface area contributed by atoms with Crippen LogP contribution < -0.4 is 0 Å². The van der Waals surface area contributed by atoms with Gasteiger partial charge in [-0.05, 0) is 89.9 Å². The molecule has 0 radical (unpaired) electrons. The molecule has 0 aliphatic carbocycles. The molecule has 2 amide bonds. The van der Waals surface area contributed by atoms with Gasteiger partial charge in [-0.25, -0.2) is 0 Å². The van der Waals surface area contributed by atoms with E-state index >= 15 is 0 Å². The second-order valence-corrected chi connectivity index (χ2v) is 18.3. The quantitative estimate of drug-likeness (QED) is 0.0425. The van der Waals surface area contributed by atoms with Gasteiger partial charge in [0.2, 0.25) is 17.1 Å². The highest BCUT2D eigenvalue weighted by atomic mass is 35.5. The smallest absolute Gasteiger partial charge is 0.312 e. The first-order valence-corrected chi connectivity index (χ1v) is 24.1. The number of likely N-dealkylation sites (N-methyl/N-ethyl adjacent to an activating group) is 2. The monoisotopic (exact) mass is 886 g/mol. The number of allylic oxidation sites excluding steroid dienone is 4. The van der Waals surface area contributed by atoms with E-state index in [1.165, 1.54) is 57.8 Å². The highest BCUT2D eigenvalue weighted by Crippen LogP contribution is 2.46. The Balaban J connectivity index is 0.000000289. The van der Waals surface area contributed by atoms with Gasteiger partial charge in [0.15, 0.2) is 0 Å². The highest BCUT2D eigenvalue weighted by molar-refractivity contribution is 6.64. The number of ether oxygens (including phenoxy) is 3. The van der Waals surface area contributed by atoms with Gasteiger partial charge in [0.25, 0.3) is 0 Å². The lowest BCUT2D eigenvalue weighted by atomic mass is 9.78. The molecule has 0 aromatic carbocycles. The molecule has 0 aromatic heterocycles. The fourth-order valence-electron chi connectivity index (χ4n) is 9.41. The largest absolute Gasteiger partial charge is 0.465 e. The molecule has 6 saturated heterocycles. The molecule has 14 heteroatoms. The van der Waals surface area contributed by atoms with Crippen molar-refractivity contribution in [1.29, 1.82) is 0 Å². The maximum absolute atomic E-state index is 13.3. The number of esters is 1. The molecule has 0 spiro atoms. The Bertz CT molecular complexity index is 1340. The zero-order valence-corrected chi connectivity index (χ0v) is 38.4. The minimum atomic E-state index is -0.437. The summed E-state index contributed by atoms with van der Waals surface area (Å²) in [6.45, 7) is 9.16. The summed E-state index contributed by atoms with van der Waals surface area (Å²) in [5.74, 6) is -1.64. The van der Waals surface area contributed by atoms with Crippen molar-refractivity contribution in [1.82, 2.24) is 19.6 Å². The topological polar surface area (TPSA) is 109 Å². The number of halogens is 3. The number of amides is 2. The number of alkyl halides is 2. The molecule has 0 saturated carbocycles. The predicted octanol–water partition coefficient (Wildman–Crippen LogP) is 7.65. The van der Waals surface area contributed by atoms with Crippen molar-refractivity contribution in [3.8, 4) is 0 Å². The summed E-state index contributed by atoms with van der Waals surface area (Å²) in [6.07, 6.45) is 26.5.